The monoisotopic (exact) mass is 312 g/mol. The zero-order valence-electron chi connectivity index (χ0n) is 9.42. The third kappa shape index (κ3) is 2.16. The molecule has 90 valence electrons. The Balaban J connectivity index is 1.97. The minimum absolute atomic E-state index is 0.641. The highest BCUT2D eigenvalue weighted by Crippen LogP contribution is 2.39. The Morgan fingerprint density at radius 1 is 1.41 bits per heavy atom. The van der Waals surface area contributed by atoms with E-state index in [1.165, 1.54) is 24.0 Å². The van der Waals surface area contributed by atoms with Crippen LogP contribution >= 0.6 is 27.5 Å². The molecule has 2 atom stereocenters. The van der Waals surface area contributed by atoms with E-state index in [2.05, 4.69) is 32.3 Å². The van der Waals surface area contributed by atoms with Crippen molar-refractivity contribution in [1.82, 2.24) is 10.3 Å². The second kappa shape index (κ2) is 4.71. The highest BCUT2D eigenvalue weighted by molar-refractivity contribution is 9.10. The van der Waals surface area contributed by atoms with E-state index in [4.69, 9.17) is 11.6 Å². The van der Waals surface area contributed by atoms with Crippen LogP contribution in [0.5, 0.6) is 0 Å². The molecule has 1 saturated heterocycles. The fraction of sp³-hybridized carbons (Fsp3) is 0.462. The van der Waals surface area contributed by atoms with Gasteiger partial charge in [-0.3, -0.25) is 0 Å². The summed E-state index contributed by atoms with van der Waals surface area (Å²) >= 11 is 9.46. The van der Waals surface area contributed by atoms with Gasteiger partial charge in [-0.25, -0.2) is 4.98 Å². The third-order valence-corrected chi connectivity index (χ3v) is 4.92. The Bertz CT molecular complexity index is 472. The average Bonchev–Trinajstić information content (AvgIpc) is 2.80. The van der Waals surface area contributed by atoms with Gasteiger partial charge in [-0.15, -0.1) is 0 Å². The number of hydrogen-bond acceptors (Lipinski definition) is 2. The molecular formula is C13H14BrClN2. The van der Waals surface area contributed by atoms with Crippen LogP contribution in [0.25, 0.3) is 5.57 Å². The molecule has 1 aliphatic heterocycles. The molecule has 0 saturated carbocycles. The molecule has 1 aromatic rings. The van der Waals surface area contributed by atoms with E-state index in [-0.39, 0.29) is 0 Å². The lowest BCUT2D eigenvalue weighted by atomic mass is 9.78. The van der Waals surface area contributed by atoms with Gasteiger partial charge in [-0.1, -0.05) is 17.7 Å². The van der Waals surface area contributed by atoms with Crippen molar-refractivity contribution in [3.8, 4) is 0 Å². The van der Waals surface area contributed by atoms with Crippen LogP contribution in [0.3, 0.4) is 0 Å². The maximum Gasteiger partial charge on any atom is 0.124 e. The van der Waals surface area contributed by atoms with Gasteiger partial charge in [0.15, 0.2) is 0 Å². The van der Waals surface area contributed by atoms with E-state index in [1.54, 1.807) is 0 Å². The highest BCUT2D eigenvalue weighted by atomic mass is 79.9. The smallest absolute Gasteiger partial charge is 0.124 e. The fourth-order valence-corrected chi connectivity index (χ4v) is 3.30. The first-order valence-corrected chi connectivity index (χ1v) is 7.15. The van der Waals surface area contributed by atoms with Crippen molar-refractivity contribution >= 4 is 33.1 Å². The zero-order valence-corrected chi connectivity index (χ0v) is 11.8. The molecule has 0 spiro atoms. The maximum absolute atomic E-state index is 6.12. The number of halogens is 2. The fourth-order valence-electron chi connectivity index (χ4n) is 2.92. The molecule has 1 fully saturated rings. The van der Waals surface area contributed by atoms with E-state index >= 15 is 0 Å². The van der Waals surface area contributed by atoms with E-state index in [9.17, 15) is 0 Å². The number of rotatable bonds is 1. The number of allylic oxidation sites excluding steroid dienone is 1. The molecular weight excluding hydrogens is 300 g/mol. The van der Waals surface area contributed by atoms with Gasteiger partial charge in [0.05, 0.1) is 5.02 Å². The average molecular weight is 314 g/mol. The normalized spacial score (nSPS) is 27.8. The van der Waals surface area contributed by atoms with Crippen LogP contribution in [0.1, 0.15) is 18.4 Å². The molecule has 2 aliphatic rings. The van der Waals surface area contributed by atoms with Gasteiger partial charge < -0.3 is 5.32 Å². The van der Waals surface area contributed by atoms with Gasteiger partial charge in [0.1, 0.15) is 4.60 Å². The van der Waals surface area contributed by atoms with Crippen molar-refractivity contribution in [2.75, 3.05) is 13.1 Å². The van der Waals surface area contributed by atoms with Crippen LogP contribution in [-0.4, -0.2) is 18.1 Å². The first kappa shape index (κ1) is 11.7. The standard InChI is InChI=1S/C13H14BrClN2/c14-13-12(15)4-9(6-17-13)10-3-1-2-8-5-16-7-11(8)10/h3-4,6,8,11,16H,1-2,5,7H2/t8-,11+/m0/s1. The molecule has 0 radical (unpaired) electrons. The summed E-state index contributed by atoms with van der Waals surface area (Å²) < 4.78 is 0.723. The summed E-state index contributed by atoms with van der Waals surface area (Å²) in [7, 11) is 0. The Labute approximate surface area is 115 Å². The molecule has 17 heavy (non-hydrogen) atoms. The SMILES string of the molecule is Clc1cc(C2=CCC[C@H]3CNC[C@@H]23)cnc1Br. The minimum Gasteiger partial charge on any atom is -0.316 e. The van der Waals surface area contributed by atoms with Crippen LogP contribution in [0, 0.1) is 11.8 Å². The highest BCUT2D eigenvalue weighted by Gasteiger charge is 2.32. The molecule has 0 aromatic carbocycles. The summed E-state index contributed by atoms with van der Waals surface area (Å²) in [6, 6.07) is 2.02. The van der Waals surface area contributed by atoms with Crippen LogP contribution in [0.15, 0.2) is 22.9 Å². The Morgan fingerprint density at radius 2 is 2.29 bits per heavy atom. The largest absolute Gasteiger partial charge is 0.316 e. The van der Waals surface area contributed by atoms with Crippen molar-refractivity contribution in [3.63, 3.8) is 0 Å². The van der Waals surface area contributed by atoms with Crippen LogP contribution < -0.4 is 5.32 Å². The number of fused-ring (bicyclic) bond motifs is 1. The lowest BCUT2D eigenvalue weighted by Crippen LogP contribution is -2.17. The summed E-state index contributed by atoms with van der Waals surface area (Å²) in [5, 5.41) is 4.18. The van der Waals surface area contributed by atoms with E-state index in [0.29, 0.717) is 10.9 Å². The molecule has 3 rings (SSSR count). The topological polar surface area (TPSA) is 24.9 Å². The number of pyridine rings is 1. The van der Waals surface area contributed by atoms with E-state index < -0.39 is 0 Å². The van der Waals surface area contributed by atoms with Gasteiger partial charge in [0.2, 0.25) is 0 Å². The predicted octanol–water partition coefficient (Wildman–Crippen LogP) is 3.51. The lowest BCUT2D eigenvalue weighted by Gasteiger charge is -2.26. The van der Waals surface area contributed by atoms with Gasteiger partial charge in [-0.2, -0.15) is 0 Å². The van der Waals surface area contributed by atoms with E-state index in [1.807, 2.05) is 12.3 Å². The number of aromatic nitrogens is 1. The van der Waals surface area contributed by atoms with Crippen molar-refractivity contribution < 1.29 is 0 Å². The molecule has 2 heterocycles. The summed E-state index contributed by atoms with van der Waals surface area (Å²) in [5.74, 6) is 1.43. The van der Waals surface area contributed by atoms with Crippen molar-refractivity contribution in [3.05, 3.63) is 33.5 Å². The molecule has 0 bridgehead atoms. The number of nitrogens with zero attached hydrogens (tertiary/aromatic N) is 1. The summed E-state index contributed by atoms with van der Waals surface area (Å²) in [6.07, 6.45) is 6.75. The van der Waals surface area contributed by atoms with Crippen LogP contribution in [-0.2, 0) is 0 Å². The minimum atomic E-state index is 0.641. The third-order valence-electron chi connectivity index (χ3n) is 3.77. The summed E-state index contributed by atoms with van der Waals surface area (Å²) in [4.78, 5) is 4.29. The second-order valence-electron chi connectivity index (χ2n) is 4.76. The van der Waals surface area contributed by atoms with Gasteiger partial charge in [-0.05, 0) is 58.4 Å². The zero-order chi connectivity index (χ0) is 11.8. The predicted molar refractivity (Wildman–Crippen MR) is 74.0 cm³/mol. The lowest BCUT2D eigenvalue weighted by molar-refractivity contribution is 0.454. The Kier molecular flexibility index (Phi) is 3.24. The second-order valence-corrected chi connectivity index (χ2v) is 5.92. The molecule has 4 heteroatoms. The number of nitrogens with one attached hydrogen (secondary N) is 1. The molecule has 2 nitrogen and oxygen atoms in total. The first-order chi connectivity index (χ1) is 8.25. The quantitative estimate of drug-likeness (QED) is 0.803. The van der Waals surface area contributed by atoms with Crippen LogP contribution in [0.2, 0.25) is 5.02 Å². The van der Waals surface area contributed by atoms with Crippen molar-refractivity contribution in [1.29, 1.82) is 0 Å². The van der Waals surface area contributed by atoms with Crippen LogP contribution in [0.4, 0.5) is 0 Å². The summed E-state index contributed by atoms with van der Waals surface area (Å²) in [6.45, 7) is 2.24. The molecule has 1 N–H and O–H groups in total. The van der Waals surface area contributed by atoms with Crippen molar-refractivity contribution in [2.45, 2.75) is 12.8 Å². The maximum atomic E-state index is 6.12. The molecule has 0 unspecified atom stereocenters. The molecule has 1 aliphatic carbocycles. The van der Waals surface area contributed by atoms with Gasteiger partial charge >= 0.3 is 0 Å². The van der Waals surface area contributed by atoms with Gasteiger partial charge in [0, 0.05) is 18.7 Å². The number of hydrogen-bond donors (Lipinski definition) is 1. The molecule has 0 amide bonds. The van der Waals surface area contributed by atoms with Gasteiger partial charge in [0.25, 0.3) is 0 Å². The Morgan fingerprint density at radius 3 is 3.12 bits per heavy atom. The first-order valence-electron chi connectivity index (χ1n) is 5.98. The van der Waals surface area contributed by atoms with Crippen molar-refractivity contribution in [2.24, 2.45) is 11.8 Å². The van der Waals surface area contributed by atoms with E-state index in [0.717, 1.165) is 23.6 Å². The summed E-state index contributed by atoms with van der Waals surface area (Å²) in [5.41, 5.74) is 2.60. The molecule has 1 aromatic heterocycles. The Hall–Kier alpha value is -0.380.